The van der Waals surface area contributed by atoms with Gasteiger partial charge in [0, 0.05) is 32.2 Å². The van der Waals surface area contributed by atoms with Crippen molar-refractivity contribution < 1.29 is 9.53 Å². The zero-order chi connectivity index (χ0) is 12.0. The summed E-state index contributed by atoms with van der Waals surface area (Å²) in [5.41, 5.74) is 0. The van der Waals surface area contributed by atoms with Crippen LogP contribution in [0.5, 0.6) is 0 Å². The van der Waals surface area contributed by atoms with Gasteiger partial charge in [0.05, 0.1) is 6.10 Å². The highest BCUT2D eigenvalue weighted by Crippen LogP contribution is 2.12. The first-order valence-electron chi connectivity index (χ1n) is 6.21. The van der Waals surface area contributed by atoms with Crippen LogP contribution in [0.15, 0.2) is 0 Å². The molecule has 2 atom stereocenters. The van der Waals surface area contributed by atoms with E-state index in [2.05, 4.69) is 31.4 Å². The summed E-state index contributed by atoms with van der Waals surface area (Å²) >= 11 is 0. The number of rotatable bonds is 6. The summed E-state index contributed by atoms with van der Waals surface area (Å²) in [6, 6.07) is 0.415. The largest absolute Gasteiger partial charge is 0.377 e. The lowest BCUT2D eigenvalue weighted by Crippen LogP contribution is -2.37. The summed E-state index contributed by atoms with van der Waals surface area (Å²) < 4.78 is 5.44. The van der Waals surface area contributed by atoms with Crippen molar-refractivity contribution in [2.75, 3.05) is 19.7 Å². The summed E-state index contributed by atoms with van der Waals surface area (Å²) in [6.07, 6.45) is 1.88. The number of hydrogen-bond acceptors (Lipinski definition) is 3. The van der Waals surface area contributed by atoms with Gasteiger partial charge in [0.15, 0.2) is 0 Å². The Hall–Kier alpha value is -0.610. The molecule has 0 aromatic rings. The van der Waals surface area contributed by atoms with Crippen molar-refractivity contribution in [3.8, 4) is 0 Å². The second kappa shape index (κ2) is 6.86. The van der Waals surface area contributed by atoms with Crippen LogP contribution < -0.4 is 10.6 Å². The molecule has 94 valence electrons. The first-order valence-corrected chi connectivity index (χ1v) is 6.21. The maximum absolute atomic E-state index is 11.4. The Morgan fingerprint density at radius 1 is 1.50 bits per heavy atom. The Bertz CT molecular complexity index is 219. The van der Waals surface area contributed by atoms with Crippen LogP contribution in [0, 0.1) is 5.92 Å². The van der Waals surface area contributed by atoms with Crippen molar-refractivity contribution in [3.63, 3.8) is 0 Å². The van der Waals surface area contributed by atoms with E-state index >= 15 is 0 Å². The zero-order valence-electron chi connectivity index (χ0n) is 10.6. The van der Waals surface area contributed by atoms with Gasteiger partial charge >= 0.3 is 0 Å². The molecule has 0 radical (unpaired) electrons. The fourth-order valence-electron chi connectivity index (χ4n) is 1.78. The lowest BCUT2D eigenvalue weighted by atomic mass is 10.1. The molecule has 0 spiro atoms. The lowest BCUT2D eigenvalue weighted by molar-refractivity contribution is -0.121. The van der Waals surface area contributed by atoms with Gasteiger partial charge in [0.25, 0.3) is 0 Å². The highest BCUT2D eigenvalue weighted by molar-refractivity contribution is 5.76. The monoisotopic (exact) mass is 228 g/mol. The van der Waals surface area contributed by atoms with E-state index in [4.69, 9.17) is 4.74 Å². The number of ether oxygens (including phenoxy) is 1. The SMILES string of the molecule is CC(C)CNC(=O)CCNC1CCOC1C. The van der Waals surface area contributed by atoms with E-state index in [0.29, 0.717) is 18.4 Å². The molecule has 0 aliphatic carbocycles. The van der Waals surface area contributed by atoms with E-state index in [0.717, 1.165) is 26.1 Å². The summed E-state index contributed by atoms with van der Waals surface area (Å²) in [6.45, 7) is 8.60. The fraction of sp³-hybridized carbons (Fsp3) is 0.917. The van der Waals surface area contributed by atoms with Crippen molar-refractivity contribution in [1.29, 1.82) is 0 Å². The quantitative estimate of drug-likeness (QED) is 0.710. The molecule has 1 rings (SSSR count). The number of amides is 1. The Morgan fingerprint density at radius 3 is 2.81 bits per heavy atom. The smallest absolute Gasteiger partial charge is 0.221 e. The molecule has 0 aromatic carbocycles. The molecule has 4 heteroatoms. The minimum Gasteiger partial charge on any atom is -0.377 e. The van der Waals surface area contributed by atoms with Crippen molar-refractivity contribution in [2.45, 2.75) is 45.8 Å². The summed E-state index contributed by atoms with van der Waals surface area (Å²) in [5.74, 6) is 0.646. The van der Waals surface area contributed by atoms with Crippen LogP contribution in [-0.4, -0.2) is 37.7 Å². The molecule has 1 fully saturated rings. The van der Waals surface area contributed by atoms with Gasteiger partial charge in [0.2, 0.25) is 5.91 Å². The highest BCUT2D eigenvalue weighted by atomic mass is 16.5. The summed E-state index contributed by atoms with van der Waals surface area (Å²) in [7, 11) is 0. The average molecular weight is 228 g/mol. The molecule has 1 heterocycles. The van der Waals surface area contributed by atoms with Gasteiger partial charge in [-0.05, 0) is 19.3 Å². The number of carbonyl (C=O) groups is 1. The molecule has 1 aliphatic rings. The first kappa shape index (κ1) is 13.5. The molecule has 0 saturated carbocycles. The van der Waals surface area contributed by atoms with Crippen LogP contribution in [0.2, 0.25) is 0 Å². The average Bonchev–Trinajstić information content (AvgIpc) is 2.61. The Labute approximate surface area is 98.1 Å². The van der Waals surface area contributed by atoms with Crippen LogP contribution in [0.3, 0.4) is 0 Å². The molecular weight excluding hydrogens is 204 g/mol. The van der Waals surface area contributed by atoms with E-state index in [1.165, 1.54) is 0 Å². The van der Waals surface area contributed by atoms with Crippen LogP contribution in [0.25, 0.3) is 0 Å². The van der Waals surface area contributed by atoms with Crippen LogP contribution in [0.1, 0.15) is 33.6 Å². The van der Waals surface area contributed by atoms with Gasteiger partial charge in [-0.15, -0.1) is 0 Å². The van der Waals surface area contributed by atoms with E-state index < -0.39 is 0 Å². The predicted octanol–water partition coefficient (Wildman–Crippen LogP) is 0.916. The van der Waals surface area contributed by atoms with Crippen LogP contribution >= 0.6 is 0 Å². The minimum absolute atomic E-state index is 0.132. The van der Waals surface area contributed by atoms with Gasteiger partial charge in [0.1, 0.15) is 0 Å². The molecule has 2 N–H and O–H groups in total. The molecule has 1 saturated heterocycles. The third-order valence-electron chi connectivity index (χ3n) is 2.84. The third kappa shape index (κ3) is 4.94. The Morgan fingerprint density at radius 2 is 2.25 bits per heavy atom. The van der Waals surface area contributed by atoms with Gasteiger partial charge < -0.3 is 15.4 Å². The Balaban J connectivity index is 2.04. The molecule has 0 bridgehead atoms. The molecule has 4 nitrogen and oxygen atoms in total. The Kier molecular flexibility index (Phi) is 5.77. The normalized spacial score (nSPS) is 25.0. The van der Waals surface area contributed by atoms with Crippen molar-refractivity contribution in [2.24, 2.45) is 5.92 Å². The van der Waals surface area contributed by atoms with Crippen molar-refractivity contribution >= 4 is 5.91 Å². The molecule has 16 heavy (non-hydrogen) atoms. The van der Waals surface area contributed by atoms with Gasteiger partial charge in [-0.25, -0.2) is 0 Å². The maximum Gasteiger partial charge on any atom is 0.221 e. The van der Waals surface area contributed by atoms with E-state index in [1.54, 1.807) is 0 Å². The number of nitrogens with one attached hydrogen (secondary N) is 2. The second-order valence-electron chi connectivity index (χ2n) is 4.87. The third-order valence-corrected chi connectivity index (χ3v) is 2.84. The number of hydrogen-bond donors (Lipinski definition) is 2. The zero-order valence-corrected chi connectivity index (χ0v) is 10.6. The molecule has 1 amide bonds. The fourth-order valence-corrected chi connectivity index (χ4v) is 1.78. The summed E-state index contributed by atoms with van der Waals surface area (Å²) in [4.78, 5) is 11.4. The maximum atomic E-state index is 11.4. The van der Waals surface area contributed by atoms with Crippen LogP contribution in [-0.2, 0) is 9.53 Å². The second-order valence-corrected chi connectivity index (χ2v) is 4.87. The van der Waals surface area contributed by atoms with Gasteiger partial charge in [-0.2, -0.15) is 0 Å². The van der Waals surface area contributed by atoms with Gasteiger partial charge in [-0.3, -0.25) is 4.79 Å². The standard InChI is InChI=1S/C12H24N2O2/c1-9(2)8-14-12(15)4-6-13-11-5-7-16-10(11)3/h9-11,13H,4-8H2,1-3H3,(H,14,15). The van der Waals surface area contributed by atoms with Crippen molar-refractivity contribution in [3.05, 3.63) is 0 Å². The lowest BCUT2D eigenvalue weighted by Gasteiger charge is -2.15. The van der Waals surface area contributed by atoms with E-state index in [9.17, 15) is 4.79 Å². The first-order chi connectivity index (χ1) is 7.59. The molecule has 0 aromatic heterocycles. The minimum atomic E-state index is 0.132. The highest BCUT2D eigenvalue weighted by Gasteiger charge is 2.23. The van der Waals surface area contributed by atoms with Crippen LogP contribution in [0.4, 0.5) is 0 Å². The van der Waals surface area contributed by atoms with Gasteiger partial charge in [-0.1, -0.05) is 13.8 Å². The van der Waals surface area contributed by atoms with E-state index in [-0.39, 0.29) is 12.0 Å². The molecular formula is C12H24N2O2. The topological polar surface area (TPSA) is 50.4 Å². The van der Waals surface area contributed by atoms with Crippen molar-refractivity contribution in [1.82, 2.24) is 10.6 Å². The summed E-state index contributed by atoms with van der Waals surface area (Å²) in [5, 5.41) is 6.27. The molecule has 2 unspecified atom stereocenters. The predicted molar refractivity (Wildman–Crippen MR) is 64.3 cm³/mol. The van der Waals surface area contributed by atoms with E-state index in [1.807, 2.05) is 0 Å². The number of carbonyl (C=O) groups excluding carboxylic acids is 1. The molecule has 1 aliphatic heterocycles.